The molecule has 0 fully saturated rings. The highest BCUT2D eigenvalue weighted by Gasteiger charge is 2.25. The maximum absolute atomic E-state index is 6.52. The van der Waals surface area contributed by atoms with Gasteiger partial charge in [-0.25, -0.2) is 0 Å². The topological polar surface area (TPSA) is 26.0 Å². The average molecular weight is 388 g/mol. The van der Waals surface area contributed by atoms with Crippen molar-refractivity contribution in [3.63, 3.8) is 0 Å². The third-order valence-corrected chi connectivity index (χ3v) is 7.70. The Morgan fingerprint density at radius 3 is 2.32 bits per heavy atom. The van der Waals surface area contributed by atoms with Crippen molar-refractivity contribution in [3.8, 4) is 11.3 Å². The predicted molar refractivity (Wildman–Crippen MR) is 123 cm³/mol. The van der Waals surface area contributed by atoms with Crippen LogP contribution in [0.2, 0.25) is 19.6 Å². The molecule has 28 heavy (non-hydrogen) atoms. The summed E-state index contributed by atoms with van der Waals surface area (Å²) in [5, 5.41) is 3.96. The molecule has 144 valence electrons. The molecule has 0 aliphatic carbocycles. The van der Waals surface area contributed by atoms with Crippen molar-refractivity contribution in [2.75, 3.05) is 0 Å². The smallest absolute Gasteiger partial charge is 0.144 e. The van der Waals surface area contributed by atoms with E-state index in [1.54, 1.807) is 0 Å². The van der Waals surface area contributed by atoms with E-state index in [1.807, 2.05) is 6.20 Å². The molecular formula is C25H29NOSi. The standard InChI is InChI=1S/C25H29NOSi/c1-15(2)18-13-17(4)23(26-14-18)20-11-12-21(28(5,6)7)22-19-10-8-9-16(3)24(19)27-25(20)22/h8-15H,1-7H3. The number of hydrogen-bond acceptors (Lipinski definition) is 2. The molecule has 0 N–H and O–H groups in total. The zero-order valence-corrected chi connectivity index (χ0v) is 19.0. The van der Waals surface area contributed by atoms with E-state index in [2.05, 4.69) is 83.7 Å². The average Bonchev–Trinajstić information content (AvgIpc) is 3.01. The maximum atomic E-state index is 6.52. The molecular weight excluding hydrogens is 358 g/mol. The molecule has 0 saturated heterocycles. The lowest BCUT2D eigenvalue weighted by Crippen LogP contribution is -2.37. The minimum Gasteiger partial charge on any atom is -0.455 e. The molecule has 0 aliphatic rings. The first-order chi connectivity index (χ1) is 13.2. The Bertz CT molecular complexity index is 1190. The van der Waals surface area contributed by atoms with Crippen molar-refractivity contribution >= 4 is 35.2 Å². The van der Waals surface area contributed by atoms with E-state index >= 15 is 0 Å². The van der Waals surface area contributed by atoms with Gasteiger partial charge in [-0.1, -0.05) is 63.8 Å². The lowest BCUT2D eigenvalue weighted by Gasteiger charge is -2.19. The van der Waals surface area contributed by atoms with Crippen molar-refractivity contribution in [2.24, 2.45) is 0 Å². The molecule has 0 radical (unpaired) electrons. The van der Waals surface area contributed by atoms with Gasteiger partial charge in [0.15, 0.2) is 0 Å². The van der Waals surface area contributed by atoms with Crippen molar-refractivity contribution in [1.29, 1.82) is 0 Å². The van der Waals surface area contributed by atoms with Gasteiger partial charge in [0.2, 0.25) is 0 Å². The van der Waals surface area contributed by atoms with Crippen LogP contribution in [-0.2, 0) is 0 Å². The highest BCUT2D eigenvalue weighted by Crippen LogP contribution is 2.37. The van der Waals surface area contributed by atoms with Crippen LogP contribution in [0.15, 0.2) is 47.0 Å². The van der Waals surface area contributed by atoms with E-state index in [4.69, 9.17) is 9.40 Å². The van der Waals surface area contributed by atoms with Gasteiger partial charge in [0.1, 0.15) is 11.2 Å². The first-order valence-corrected chi connectivity index (χ1v) is 13.6. The van der Waals surface area contributed by atoms with E-state index in [9.17, 15) is 0 Å². The second-order valence-electron chi connectivity index (χ2n) is 9.26. The zero-order chi connectivity index (χ0) is 20.2. The van der Waals surface area contributed by atoms with Crippen LogP contribution in [0.25, 0.3) is 33.2 Å². The Balaban J connectivity index is 2.09. The second-order valence-corrected chi connectivity index (χ2v) is 14.3. The number of hydrogen-bond donors (Lipinski definition) is 0. The summed E-state index contributed by atoms with van der Waals surface area (Å²) in [6.07, 6.45) is 2.01. The number of nitrogens with zero attached hydrogens (tertiary/aromatic N) is 1. The zero-order valence-electron chi connectivity index (χ0n) is 18.0. The Kier molecular flexibility index (Phi) is 4.46. The van der Waals surface area contributed by atoms with Gasteiger partial charge >= 0.3 is 0 Å². The second kappa shape index (κ2) is 6.59. The predicted octanol–water partition coefficient (Wildman–Crippen LogP) is 6.93. The van der Waals surface area contributed by atoms with Crippen LogP contribution in [-0.4, -0.2) is 13.1 Å². The molecule has 0 unspecified atom stereocenters. The lowest BCUT2D eigenvalue weighted by atomic mass is 9.99. The van der Waals surface area contributed by atoms with Crippen LogP contribution in [0.1, 0.15) is 36.5 Å². The van der Waals surface area contributed by atoms with Gasteiger partial charge in [-0.2, -0.15) is 0 Å². The number of furan rings is 1. The molecule has 0 aliphatic heterocycles. The molecule has 0 saturated carbocycles. The summed E-state index contributed by atoms with van der Waals surface area (Å²) in [6, 6.07) is 13.3. The van der Waals surface area contributed by atoms with Crippen LogP contribution in [0.4, 0.5) is 0 Å². The molecule has 4 aromatic rings. The normalized spacial score (nSPS) is 12.4. The Morgan fingerprint density at radius 1 is 0.929 bits per heavy atom. The summed E-state index contributed by atoms with van der Waals surface area (Å²) in [7, 11) is -1.54. The number of fused-ring (bicyclic) bond motifs is 3. The Morgan fingerprint density at radius 2 is 1.68 bits per heavy atom. The highest BCUT2D eigenvalue weighted by atomic mass is 28.3. The molecule has 0 bridgehead atoms. The van der Waals surface area contributed by atoms with Gasteiger partial charge in [-0.15, -0.1) is 0 Å². The number of rotatable bonds is 3. The quantitative estimate of drug-likeness (QED) is 0.356. The van der Waals surface area contributed by atoms with E-state index in [0.717, 1.165) is 22.4 Å². The lowest BCUT2D eigenvalue weighted by molar-refractivity contribution is 0.666. The summed E-state index contributed by atoms with van der Waals surface area (Å²) in [5.74, 6) is 0.475. The van der Waals surface area contributed by atoms with E-state index in [-0.39, 0.29) is 0 Å². The van der Waals surface area contributed by atoms with Crippen molar-refractivity contribution < 1.29 is 4.42 Å². The largest absolute Gasteiger partial charge is 0.455 e. The van der Waals surface area contributed by atoms with Crippen LogP contribution < -0.4 is 5.19 Å². The summed E-state index contributed by atoms with van der Waals surface area (Å²) in [4.78, 5) is 4.86. The number of pyridine rings is 1. The van der Waals surface area contributed by atoms with Crippen LogP contribution in [0, 0.1) is 13.8 Å². The summed E-state index contributed by atoms with van der Waals surface area (Å²) >= 11 is 0. The summed E-state index contributed by atoms with van der Waals surface area (Å²) in [5.41, 5.74) is 7.76. The molecule has 2 heterocycles. The van der Waals surface area contributed by atoms with Crippen LogP contribution in [0.3, 0.4) is 0 Å². The molecule has 0 spiro atoms. The van der Waals surface area contributed by atoms with Gasteiger partial charge in [0.25, 0.3) is 0 Å². The van der Waals surface area contributed by atoms with Gasteiger partial charge in [-0.05, 0) is 47.7 Å². The fourth-order valence-corrected chi connectivity index (χ4v) is 5.63. The minimum absolute atomic E-state index is 0.475. The minimum atomic E-state index is -1.54. The fraction of sp³-hybridized carbons (Fsp3) is 0.320. The van der Waals surface area contributed by atoms with Gasteiger partial charge in [0.05, 0.1) is 13.8 Å². The van der Waals surface area contributed by atoms with Crippen molar-refractivity contribution in [3.05, 3.63) is 59.3 Å². The molecule has 2 nitrogen and oxygen atoms in total. The highest BCUT2D eigenvalue weighted by molar-refractivity contribution is 6.90. The molecule has 3 heteroatoms. The summed E-state index contributed by atoms with van der Waals surface area (Å²) in [6.45, 7) is 15.9. The number of para-hydroxylation sites is 1. The van der Waals surface area contributed by atoms with Crippen LogP contribution >= 0.6 is 0 Å². The Labute approximate surface area is 168 Å². The van der Waals surface area contributed by atoms with E-state index in [1.165, 1.54) is 32.6 Å². The number of benzene rings is 2. The van der Waals surface area contributed by atoms with E-state index in [0.29, 0.717) is 5.92 Å². The first-order valence-electron chi connectivity index (χ1n) is 10.1. The third kappa shape index (κ3) is 2.98. The molecule has 2 aromatic carbocycles. The van der Waals surface area contributed by atoms with Crippen LogP contribution in [0.5, 0.6) is 0 Å². The maximum Gasteiger partial charge on any atom is 0.144 e. The third-order valence-electron chi connectivity index (χ3n) is 5.67. The number of aryl methyl sites for hydroxylation is 2. The Hall–Kier alpha value is -2.39. The molecule has 0 amide bonds. The monoisotopic (exact) mass is 387 g/mol. The molecule has 0 atom stereocenters. The van der Waals surface area contributed by atoms with Crippen molar-refractivity contribution in [2.45, 2.75) is 53.3 Å². The van der Waals surface area contributed by atoms with E-state index < -0.39 is 8.07 Å². The molecule has 4 rings (SSSR count). The SMILES string of the molecule is Cc1cc(C(C)C)cnc1-c1ccc([Si](C)(C)C)c2c1oc1c(C)cccc12. The van der Waals surface area contributed by atoms with Gasteiger partial charge < -0.3 is 4.42 Å². The fourth-order valence-electron chi connectivity index (χ4n) is 4.05. The first kappa shape index (κ1) is 18.9. The van der Waals surface area contributed by atoms with Gasteiger partial charge in [0, 0.05) is 22.5 Å². The summed E-state index contributed by atoms with van der Waals surface area (Å²) < 4.78 is 6.52. The number of aromatic nitrogens is 1. The molecule has 2 aromatic heterocycles. The van der Waals surface area contributed by atoms with Crippen molar-refractivity contribution in [1.82, 2.24) is 4.98 Å². The van der Waals surface area contributed by atoms with Gasteiger partial charge in [-0.3, -0.25) is 4.98 Å².